The van der Waals surface area contributed by atoms with E-state index in [9.17, 15) is 4.79 Å². The van der Waals surface area contributed by atoms with Crippen molar-refractivity contribution in [2.45, 2.75) is 58.7 Å². The summed E-state index contributed by atoms with van der Waals surface area (Å²) >= 11 is 0. The standard InChI is InChI=1S/C18H33N5O2.HI/c1-7-8-15(22-17(24)25-18(2,3)4)12-21-16(19-5)20-11-14-9-10-23(6)13-14;/h9-10,13,15H,7-8,11-12H2,1-6H3,(H,22,24)(H2,19,20,21);1H. The number of rotatable bonds is 7. The summed E-state index contributed by atoms with van der Waals surface area (Å²) in [5.41, 5.74) is 0.684. The van der Waals surface area contributed by atoms with Crippen LogP contribution in [-0.2, 0) is 18.3 Å². The molecule has 0 spiro atoms. The molecule has 0 saturated carbocycles. The number of carbonyl (C=O) groups is 1. The largest absolute Gasteiger partial charge is 0.444 e. The Labute approximate surface area is 174 Å². The molecule has 0 fully saturated rings. The number of amides is 1. The summed E-state index contributed by atoms with van der Waals surface area (Å²) in [6, 6.07) is 2.04. The van der Waals surface area contributed by atoms with Gasteiger partial charge in [0.2, 0.25) is 0 Å². The van der Waals surface area contributed by atoms with E-state index in [1.807, 2.05) is 38.6 Å². The Hall–Kier alpha value is -1.45. The van der Waals surface area contributed by atoms with Crippen LogP contribution in [0.1, 0.15) is 46.1 Å². The van der Waals surface area contributed by atoms with Crippen molar-refractivity contribution in [3.63, 3.8) is 0 Å². The molecule has 8 heteroatoms. The Morgan fingerprint density at radius 2 is 2.04 bits per heavy atom. The monoisotopic (exact) mass is 479 g/mol. The van der Waals surface area contributed by atoms with Crippen molar-refractivity contribution in [2.24, 2.45) is 12.0 Å². The molecule has 0 aliphatic heterocycles. The third kappa shape index (κ3) is 10.5. The fourth-order valence-electron chi connectivity index (χ4n) is 2.34. The summed E-state index contributed by atoms with van der Waals surface area (Å²) in [5.74, 6) is 0.705. The number of ether oxygens (including phenoxy) is 1. The van der Waals surface area contributed by atoms with Gasteiger partial charge >= 0.3 is 6.09 Å². The van der Waals surface area contributed by atoms with Crippen LogP contribution in [0.3, 0.4) is 0 Å². The molecule has 0 aromatic carbocycles. The molecule has 150 valence electrons. The van der Waals surface area contributed by atoms with Gasteiger partial charge in [0.25, 0.3) is 0 Å². The van der Waals surface area contributed by atoms with Crippen LogP contribution in [0, 0.1) is 0 Å². The van der Waals surface area contributed by atoms with E-state index in [4.69, 9.17) is 4.74 Å². The third-order valence-electron chi connectivity index (χ3n) is 3.45. The highest BCUT2D eigenvalue weighted by atomic mass is 127. The van der Waals surface area contributed by atoms with Crippen LogP contribution in [0.5, 0.6) is 0 Å². The molecule has 3 N–H and O–H groups in total. The van der Waals surface area contributed by atoms with E-state index in [0.717, 1.165) is 12.8 Å². The van der Waals surface area contributed by atoms with Gasteiger partial charge in [0.05, 0.1) is 0 Å². The highest BCUT2D eigenvalue weighted by molar-refractivity contribution is 14.0. The highest BCUT2D eigenvalue weighted by Crippen LogP contribution is 2.07. The first-order chi connectivity index (χ1) is 11.7. The van der Waals surface area contributed by atoms with Crippen molar-refractivity contribution < 1.29 is 9.53 Å². The van der Waals surface area contributed by atoms with Crippen LogP contribution >= 0.6 is 24.0 Å². The maximum absolute atomic E-state index is 12.0. The van der Waals surface area contributed by atoms with E-state index in [1.165, 1.54) is 5.56 Å². The molecule has 1 heterocycles. The van der Waals surface area contributed by atoms with E-state index in [-0.39, 0.29) is 36.1 Å². The predicted octanol–water partition coefficient (Wildman–Crippen LogP) is 3.00. The van der Waals surface area contributed by atoms with Crippen LogP contribution in [-0.4, -0.2) is 41.9 Å². The summed E-state index contributed by atoms with van der Waals surface area (Å²) in [5, 5.41) is 9.45. The molecule has 1 atom stereocenters. The Morgan fingerprint density at radius 3 is 2.54 bits per heavy atom. The van der Waals surface area contributed by atoms with Gasteiger partial charge in [-0.2, -0.15) is 0 Å². The van der Waals surface area contributed by atoms with Crippen molar-refractivity contribution in [3.05, 3.63) is 24.0 Å². The predicted molar refractivity (Wildman–Crippen MR) is 117 cm³/mol. The molecule has 1 aromatic heterocycles. The van der Waals surface area contributed by atoms with Crippen molar-refractivity contribution in [1.29, 1.82) is 0 Å². The first-order valence-corrected chi connectivity index (χ1v) is 8.78. The normalized spacial score (nSPS) is 12.8. The number of nitrogens with zero attached hydrogens (tertiary/aromatic N) is 2. The second-order valence-corrected chi connectivity index (χ2v) is 7.12. The number of hydrogen-bond donors (Lipinski definition) is 3. The quantitative estimate of drug-likeness (QED) is 0.319. The zero-order valence-electron chi connectivity index (χ0n) is 16.8. The van der Waals surface area contributed by atoms with E-state index in [0.29, 0.717) is 19.0 Å². The van der Waals surface area contributed by atoms with Crippen LogP contribution in [0.15, 0.2) is 23.5 Å². The Bertz CT molecular complexity index is 566. The van der Waals surface area contributed by atoms with Crippen LogP contribution in [0.25, 0.3) is 0 Å². The lowest BCUT2D eigenvalue weighted by Gasteiger charge is -2.24. The van der Waals surface area contributed by atoms with Gasteiger partial charge in [-0.05, 0) is 38.8 Å². The summed E-state index contributed by atoms with van der Waals surface area (Å²) in [4.78, 5) is 16.2. The minimum Gasteiger partial charge on any atom is -0.444 e. The molecule has 1 unspecified atom stereocenters. The summed E-state index contributed by atoms with van der Waals surface area (Å²) in [6.07, 6.45) is 5.51. The molecule has 0 radical (unpaired) electrons. The molecule has 7 nitrogen and oxygen atoms in total. The maximum Gasteiger partial charge on any atom is 0.407 e. The molecule has 0 aliphatic rings. The molecule has 0 bridgehead atoms. The third-order valence-corrected chi connectivity index (χ3v) is 3.45. The van der Waals surface area contributed by atoms with Crippen LogP contribution < -0.4 is 16.0 Å². The van der Waals surface area contributed by atoms with Gasteiger partial charge in [0, 0.05) is 45.6 Å². The zero-order valence-corrected chi connectivity index (χ0v) is 19.1. The maximum atomic E-state index is 12.0. The molecule has 26 heavy (non-hydrogen) atoms. The number of aryl methyl sites for hydroxylation is 1. The highest BCUT2D eigenvalue weighted by Gasteiger charge is 2.19. The van der Waals surface area contributed by atoms with Crippen molar-refractivity contribution in [1.82, 2.24) is 20.5 Å². The molecule has 0 saturated heterocycles. The molecule has 1 amide bonds. The summed E-state index contributed by atoms with van der Waals surface area (Å²) in [7, 11) is 3.73. The van der Waals surface area contributed by atoms with Crippen molar-refractivity contribution in [3.8, 4) is 0 Å². The van der Waals surface area contributed by atoms with Gasteiger partial charge in [-0.3, -0.25) is 4.99 Å². The minimum absolute atomic E-state index is 0. The number of aromatic nitrogens is 1. The zero-order chi connectivity index (χ0) is 18.9. The first-order valence-electron chi connectivity index (χ1n) is 8.78. The SMILES string of the molecule is CCCC(CNC(=NC)NCc1ccn(C)c1)NC(=O)OC(C)(C)C.I. The fraction of sp³-hybridized carbons (Fsp3) is 0.667. The number of alkyl carbamates (subject to hydrolysis) is 1. The fourth-order valence-corrected chi connectivity index (χ4v) is 2.34. The van der Waals surface area contributed by atoms with Gasteiger partial charge in [-0.25, -0.2) is 4.79 Å². The molecule has 1 rings (SSSR count). The second kappa shape index (κ2) is 12.0. The topological polar surface area (TPSA) is 79.7 Å². The number of guanidine groups is 1. The summed E-state index contributed by atoms with van der Waals surface area (Å²) < 4.78 is 7.34. The lowest BCUT2D eigenvalue weighted by Crippen LogP contribution is -2.48. The van der Waals surface area contributed by atoms with Gasteiger partial charge in [0.1, 0.15) is 5.60 Å². The smallest absolute Gasteiger partial charge is 0.407 e. The van der Waals surface area contributed by atoms with E-state index in [1.54, 1.807) is 7.05 Å². The van der Waals surface area contributed by atoms with E-state index < -0.39 is 5.60 Å². The van der Waals surface area contributed by atoms with Crippen LogP contribution in [0.2, 0.25) is 0 Å². The summed E-state index contributed by atoms with van der Waals surface area (Å²) in [6.45, 7) is 8.94. The number of hydrogen-bond acceptors (Lipinski definition) is 3. The minimum atomic E-state index is -0.498. The lowest BCUT2D eigenvalue weighted by molar-refractivity contribution is 0.0502. The Morgan fingerprint density at radius 1 is 1.35 bits per heavy atom. The van der Waals surface area contributed by atoms with Crippen LogP contribution in [0.4, 0.5) is 4.79 Å². The average Bonchev–Trinajstić information content (AvgIpc) is 2.91. The molecule has 1 aromatic rings. The number of nitrogens with one attached hydrogen (secondary N) is 3. The molecular formula is C18H34IN5O2. The van der Waals surface area contributed by atoms with Gasteiger partial charge in [0.15, 0.2) is 5.96 Å². The van der Waals surface area contributed by atoms with Gasteiger partial charge in [-0.1, -0.05) is 13.3 Å². The Balaban J connectivity index is 0.00000625. The number of carbonyl (C=O) groups excluding carboxylic acids is 1. The molecule has 0 aliphatic carbocycles. The van der Waals surface area contributed by atoms with Crippen molar-refractivity contribution in [2.75, 3.05) is 13.6 Å². The number of halogens is 1. The van der Waals surface area contributed by atoms with E-state index in [2.05, 4.69) is 40.1 Å². The average molecular weight is 479 g/mol. The van der Waals surface area contributed by atoms with E-state index >= 15 is 0 Å². The lowest BCUT2D eigenvalue weighted by atomic mass is 10.1. The first kappa shape index (κ1) is 24.6. The molecular weight excluding hydrogens is 445 g/mol. The number of aliphatic imine (C=N–C) groups is 1. The Kier molecular flexibility index (Phi) is 11.4. The second-order valence-electron chi connectivity index (χ2n) is 7.12. The van der Waals surface area contributed by atoms with Gasteiger partial charge in [-0.15, -0.1) is 24.0 Å². The van der Waals surface area contributed by atoms with Crippen molar-refractivity contribution >= 4 is 36.0 Å². The van der Waals surface area contributed by atoms with Gasteiger partial charge < -0.3 is 25.3 Å².